The van der Waals surface area contributed by atoms with Gasteiger partial charge in [-0.15, -0.1) is 0 Å². The van der Waals surface area contributed by atoms with E-state index in [1.54, 1.807) is 28.8 Å². The highest BCUT2D eigenvalue weighted by Gasteiger charge is 2.08. The van der Waals surface area contributed by atoms with Gasteiger partial charge in [-0.25, -0.2) is 0 Å². The van der Waals surface area contributed by atoms with Crippen molar-refractivity contribution in [2.45, 2.75) is 6.61 Å². The Kier molecular flexibility index (Phi) is 3.65. The first-order valence-corrected chi connectivity index (χ1v) is 6.79. The minimum atomic E-state index is -2.84. The summed E-state index contributed by atoms with van der Waals surface area (Å²) >= 11 is 11.2. The summed E-state index contributed by atoms with van der Waals surface area (Å²) in [5.41, 5.74) is 2.41. The van der Waals surface area contributed by atoms with Gasteiger partial charge in [-0.05, 0) is 54.7 Å². The Labute approximate surface area is 128 Å². The molecule has 0 aliphatic rings. The topological polar surface area (TPSA) is 29.9 Å². The molecule has 7 heteroatoms. The molecule has 108 valence electrons. The van der Waals surface area contributed by atoms with Crippen molar-refractivity contribution in [2.24, 2.45) is 0 Å². The Hall–Kier alpha value is -1.92. The van der Waals surface area contributed by atoms with Crippen molar-refractivity contribution in [3.05, 3.63) is 52.3 Å². The molecule has 0 saturated carbocycles. The Bertz CT molecular complexity index is 842. The molecule has 1 aromatic heterocycles. The van der Waals surface area contributed by atoms with Crippen LogP contribution in [-0.4, -0.2) is 16.2 Å². The third kappa shape index (κ3) is 2.77. The van der Waals surface area contributed by atoms with Crippen LogP contribution in [0.15, 0.2) is 42.5 Å². The van der Waals surface area contributed by atoms with Crippen LogP contribution in [-0.2, 0) is 0 Å². The van der Waals surface area contributed by atoms with Crippen LogP contribution in [0.25, 0.3) is 16.7 Å². The number of aromatic nitrogens is 2. The maximum absolute atomic E-state index is 12.1. The van der Waals surface area contributed by atoms with Crippen LogP contribution < -0.4 is 4.74 Å². The molecule has 3 nitrogen and oxygen atoms in total. The Morgan fingerprint density at radius 1 is 1.14 bits per heavy atom. The Morgan fingerprint density at radius 3 is 2.52 bits per heavy atom. The van der Waals surface area contributed by atoms with Crippen LogP contribution in [0, 0.1) is 4.77 Å². The molecule has 0 spiro atoms. The van der Waals surface area contributed by atoms with Crippen LogP contribution >= 0.6 is 23.8 Å². The maximum Gasteiger partial charge on any atom is 0.387 e. The van der Waals surface area contributed by atoms with Crippen LogP contribution in [0.3, 0.4) is 0 Å². The number of benzene rings is 2. The molecule has 0 saturated heterocycles. The van der Waals surface area contributed by atoms with E-state index in [9.17, 15) is 8.78 Å². The number of aromatic amines is 1. The van der Waals surface area contributed by atoms with Gasteiger partial charge in [0, 0.05) is 10.7 Å². The number of halogens is 3. The lowest BCUT2D eigenvalue weighted by Crippen LogP contribution is -2.02. The Balaban J connectivity index is 2.08. The molecule has 0 fully saturated rings. The SMILES string of the molecule is FC(F)Oc1ccc(-n2c(=S)[nH]c3cc(Cl)ccc32)cc1. The average molecular weight is 327 g/mol. The maximum atomic E-state index is 12.1. The van der Waals surface area contributed by atoms with Gasteiger partial charge in [0.05, 0.1) is 11.0 Å². The number of ether oxygens (including phenoxy) is 1. The number of nitrogens with one attached hydrogen (secondary N) is 1. The quantitative estimate of drug-likeness (QED) is 0.691. The molecule has 0 amide bonds. The smallest absolute Gasteiger partial charge is 0.387 e. The number of alkyl halides is 2. The first-order valence-electron chi connectivity index (χ1n) is 6.00. The van der Waals surface area contributed by atoms with Gasteiger partial charge in [0.15, 0.2) is 4.77 Å². The fraction of sp³-hybridized carbons (Fsp3) is 0.0714. The van der Waals surface area contributed by atoms with Crippen LogP contribution in [0.2, 0.25) is 5.02 Å². The molecule has 1 heterocycles. The zero-order chi connectivity index (χ0) is 15.0. The highest BCUT2D eigenvalue weighted by atomic mass is 35.5. The monoisotopic (exact) mass is 326 g/mol. The molecule has 0 unspecified atom stereocenters. The molecule has 0 atom stereocenters. The Morgan fingerprint density at radius 2 is 1.86 bits per heavy atom. The summed E-state index contributed by atoms with van der Waals surface area (Å²) in [5, 5.41) is 0.603. The van der Waals surface area contributed by atoms with E-state index in [4.69, 9.17) is 23.8 Å². The lowest BCUT2D eigenvalue weighted by Gasteiger charge is -2.07. The fourth-order valence-electron chi connectivity index (χ4n) is 2.12. The zero-order valence-electron chi connectivity index (χ0n) is 10.5. The standard InChI is InChI=1S/C14H9ClF2N2OS/c15-8-1-6-12-11(7-8)18-14(21)19(12)9-2-4-10(5-3-9)20-13(16)17/h1-7,13H,(H,18,21). The summed E-state index contributed by atoms with van der Waals surface area (Å²) < 4.78 is 30.9. The van der Waals surface area contributed by atoms with E-state index in [-0.39, 0.29) is 5.75 Å². The van der Waals surface area contributed by atoms with Gasteiger partial charge in [0.2, 0.25) is 0 Å². The minimum absolute atomic E-state index is 0.100. The normalized spacial score (nSPS) is 11.2. The second-order valence-corrected chi connectivity index (χ2v) is 5.12. The van der Waals surface area contributed by atoms with Gasteiger partial charge in [0.25, 0.3) is 0 Å². The third-order valence-corrected chi connectivity index (χ3v) is 3.48. The molecule has 2 aromatic carbocycles. The van der Waals surface area contributed by atoms with E-state index in [1.165, 1.54) is 12.1 Å². The van der Waals surface area contributed by atoms with E-state index in [1.807, 2.05) is 6.07 Å². The number of hydrogen-bond acceptors (Lipinski definition) is 2. The first-order chi connectivity index (χ1) is 10.0. The lowest BCUT2D eigenvalue weighted by atomic mass is 10.2. The number of fused-ring (bicyclic) bond motifs is 1. The lowest BCUT2D eigenvalue weighted by molar-refractivity contribution is -0.0498. The fourth-order valence-corrected chi connectivity index (χ4v) is 2.60. The number of H-pyrrole nitrogens is 1. The second kappa shape index (κ2) is 5.46. The van der Waals surface area contributed by atoms with E-state index in [0.29, 0.717) is 9.79 Å². The molecule has 0 bridgehead atoms. The van der Waals surface area contributed by atoms with Crippen molar-refractivity contribution in [3.63, 3.8) is 0 Å². The van der Waals surface area contributed by atoms with Crippen LogP contribution in [0.4, 0.5) is 8.78 Å². The summed E-state index contributed by atoms with van der Waals surface area (Å²) in [6.07, 6.45) is 0. The predicted octanol–water partition coefficient (Wildman–Crippen LogP) is 4.94. The highest BCUT2D eigenvalue weighted by molar-refractivity contribution is 7.71. The molecule has 3 rings (SSSR count). The predicted molar refractivity (Wildman–Crippen MR) is 80.1 cm³/mol. The number of imidazole rings is 1. The zero-order valence-corrected chi connectivity index (χ0v) is 12.1. The largest absolute Gasteiger partial charge is 0.435 e. The summed E-state index contributed by atoms with van der Waals surface area (Å²) in [6, 6.07) is 11.6. The van der Waals surface area contributed by atoms with Crippen molar-refractivity contribution in [1.29, 1.82) is 0 Å². The first kappa shape index (κ1) is 14.0. The van der Waals surface area contributed by atoms with Gasteiger partial charge >= 0.3 is 6.61 Å². The van der Waals surface area contributed by atoms with Gasteiger partial charge in [-0.3, -0.25) is 4.57 Å². The van der Waals surface area contributed by atoms with Crippen LogP contribution in [0.5, 0.6) is 5.75 Å². The van der Waals surface area contributed by atoms with Crippen LogP contribution in [0.1, 0.15) is 0 Å². The molecular formula is C14H9ClF2N2OS. The summed E-state index contributed by atoms with van der Waals surface area (Å²) in [4.78, 5) is 3.06. The third-order valence-electron chi connectivity index (χ3n) is 2.96. The second-order valence-electron chi connectivity index (χ2n) is 4.30. The van der Waals surface area contributed by atoms with Gasteiger partial charge in [0.1, 0.15) is 5.75 Å². The van der Waals surface area contributed by atoms with Crippen molar-refractivity contribution < 1.29 is 13.5 Å². The number of rotatable bonds is 3. The van der Waals surface area contributed by atoms with Crippen molar-refractivity contribution in [1.82, 2.24) is 9.55 Å². The van der Waals surface area contributed by atoms with Crippen molar-refractivity contribution in [3.8, 4) is 11.4 Å². The average Bonchev–Trinajstić information content (AvgIpc) is 2.74. The molecule has 0 aliphatic heterocycles. The molecule has 3 aromatic rings. The van der Waals surface area contributed by atoms with Crippen molar-refractivity contribution >= 4 is 34.9 Å². The van der Waals surface area contributed by atoms with Gasteiger partial charge in [-0.1, -0.05) is 11.6 Å². The van der Waals surface area contributed by atoms with E-state index < -0.39 is 6.61 Å². The molecular weight excluding hydrogens is 318 g/mol. The molecule has 0 radical (unpaired) electrons. The molecule has 21 heavy (non-hydrogen) atoms. The molecule has 1 N–H and O–H groups in total. The van der Waals surface area contributed by atoms with Crippen molar-refractivity contribution in [2.75, 3.05) is 0 Å². The minimum Gasteiger partial charge on any atom is -0.435 e. The van der Waals surface area contributed by atoms with E-state index >= 15 is 0 Å². The molecule has 0 aliphatic carbocycles. The summed E-state index contributed by atoms with van der Waals surface area (Å²) in [5.74, 6) is 0.100. The summed E-state index contributed by atoms with van der Waals surface area (Å²) in [6.45, 7) is -2.84. The number of nitrogens with zero attached hydrogens (tertiary/aromatic N) is 1. The van der Waals surface area contributed by atoms with E-state index in [2.05, 4.69) is 9.72 Å². The van der Waals surface area contributed by atoms with Gasteiger partial charge < -0.3 is 9.72 Å². The van der Waals surface area contributed by atoms with E-state index in [0.717, 1.165) is 16.7 Å². The van der Waals surface area contributed by atoms with Gasteiger partial charge in [-0.2, -0.15) is 8.78 Å². The summed E-state index contributed by atoms with van der Waals surface area (Å²) in [7, 11) is 0. The highest BCUT2D eigenvalue weighted by Crippen LogP contribution is 2.24. The number of hydrogen-bond donors (Lipinski definition) is 1.